The van der Waals surface area contributed by atoms with Gasteiger partial charge in [-0.2, -0.15) is 0 Å². The minimum Gasteiger partial charge on any atom is -0.361 e. The Morgan fingerprint density at radius 2 is 1.19 bits per heavy atom. The number of H-pyrrole nitrogens is 1. The molecule has 0 aliphatic carbocycles. The van der Waals surface area contributed by atoms with Crippen molar-refractivity contribution in [3.63, 3.8) is 0 Å². The van der Waals surface area contributed by atoms with E-state index in [9.17, 15) is 33.6 Å². The van der Waals surface area contributed by atoms with Crippen LogP contribution in [0.25, 0.3) is 10.9 Å². The maximum atomic E-state index is 14.3. The molecule has 6 atom stereocenters. The van der Waals surface area contributed by atoms with Gasteiger partial charge in [0.15, 0.2) is 0 Å². The molecule has 2 aliphatic heterocycles. The number of nitrogens with zero attached hydrogens (tertiary/aromatic N) is 1. The highest BCUT2D eigenvalue weighted by molar-refractivity contribution is 5.99. The van der Waals surface area contributed by atoms with Crippen molar-refractivity contribution in [3.05, 3.63) is 36.0 Å². The minimum absolute atomic E-state index is 0.0349. The Hall–Kier alpha value is -4.99. The normalized spacial score (nSPS) is 24.8. The molecule has 16 heteroatoms. The summed E-state index contributed by atoms with van der Waals surface area (Å²) in [5, 5.41) is 17.6. The zero-order valence-electron chi connectivity index (χ0n) is 35.0. The number of hydrogen-bond acceptors (Lipinski definition) is 8. The number of para-hydroxylation sites is 1. The first-order chi connectivity index (χ1) is 27.6. The number of fused-ring (bicyclic) bond motifs is 1. The molecule has 2 aliphatic rings. The van der Waals surface area contributed by atoms with Gasteiger partial charge >= 0.3 is 0 Å². The zero-order chi connectivity index (χ0) is 42.5. The van der Waals surface area contributed by atoms with Crippen LogP contribution in [0.5, 0.6) is 0 Å². The highest BCUT2D eigenvalue weighted by Gasteiger charge is 2.37. The number of nitrogens with one attached hydrogen (secondary N) is 7. The van der Waals surface area contributed by atoms with Crippen LogP contribution in [0, 0.1) is 17.8 Å². The Balaban J connectivity index is 1.78. The summed E-state index contributed by atoms with van der Waals surface area (Å²) in [7, 11) is 0. The third-order valence-electron chi connectivity index (χ3n) is 10.7. The van der Waals surface area contributed by atoms with E-state index in [1.54, 1.807) is 24.9 Å². The lowest BCUT2D eigenvalue weighted by Gasteiger charge is -2.31. The van der Waals surface area contributed by atoms with Crippen LogP contribution in [0.1, 0.15) is 98.5 Å². The first kappa shape index (κ1) is 45.7. The van der Waals surface area contributed by atoms with E-state index in [1.807, 2.05) is 52.0 Å². The van der Waals surface area contributed by atoms with Gasteiger partial charge in [-0.3, -0.25) is 33.6 Å². The highest BCUT2D eigenvalue weighted by atomic mass is 16.2. The number of rotatable bonds is 12. The summed E-state index contributed by atoms with van der Waals surface area (Å²) in [5.74, 6) is -4.86. The van der Waals surface area contributed by atoms with Gasteiger partial charge in [0.1, 0.15) is 36.3 Å². The van der Waals surface area contributed by atoms with E-state index in [1.165, 1.54) is 0 Å². The lowest BCUT2D eigenvalue weighted by molar-refractivity contribution is -0.139. The second kappa shape index (κ2) is 21.7. The van der Waals surface area contributed by atoms with E-state index in [0.29, 0.717) is 19.5 Å². The number of likely N-dealkylation sites (tertiary alicyclic amines) is 1. The van der Waals surface area contributed by atoms with Gasteiger partial charge in [0.25, 0.3) is 0 Å². The lowest BCUT2D eigenvalue weighted by Crippen LogP contribution is -2.62. The number of nitrogens with two attached hydrogens (primary N) is 1. The van der Waals surface area contributed by atoms with E-state index < -0.39 is 77.6 Å². The third-order valence-corrected chi connectivity index (χ3v) is 10.7. The third kappa shape index (κ3) is 13.0. The second-order valence-corrected chi connectivity index (χ2v) is 16.9. The first-order valence-corrected chi connectivity index (χ1v) is 20.9. The summed E-state index contributed by atoms with van der Waals surface area (Å²) in [6.45, 7) is 12.3. The molecule has 0 bridgehead atoms. The second-order valence-electron chi connectivity index (χ2n) is 16.9. The predicted molar refractivity (Wildman–Crippen MR) is 221 cm³/mol. The van der Waals surface area contributed by atoms with Gasteiger partial charge in [-0.25, -0.2) is 0 Å². The minimum atomic E-state index is -1.40. The molecule has 320 valence electrons. The number of carbonyl (C=O) groups excluding carboxylic acids is 7. The molecule has 0 spiro atoms. The van der Waals surface area contributed by atoms with E-state index in [4.69, 9.17) is 5.73 Å². The summed E-state index contributed by atoms with van der Waals surface area (Å²) in [4.78, 5) is 103. The Labute approximate surface area is 341 Å². The quantitative estimate of drug-likeness (QED) is 0.156. The van der Waals surface area contributed by atoms with Gasteiger partial charge in [0.05, 0.1) is 6.42 Å². The highest BCUT2D eigenvalue weighted by Crippen LogP contribution is 2.20. The molecule has 58 heavy (non-hydrogen) atoms. The van der Waals surface area contributed by atoms with Gasteiger partial charge in [0, 0.05) is 36.6 Å². The number of carbonyl (C=O) groups is 7. The Bertz CT molecular complexity index is 1750. The van der Waals surface area contributed by atoms with Crippen molar-refractivity contribution in [1.82, 2.24) is 41.8 Å². The van der Waals surface area contributed by atoms with Crippen LogP contribution in [0.2, 0.25) is 0 Å². The number of aromatic nitrogens is 1. The van der Waals surface area contributed by atoms with E-state index in [-0.39, 0.29) is 56.4 Å². The van der Waals surface area contributed by atoms with Gasteiger partial charge in [0.2, 0.25) is 41.4 Å². The predicted octanol–water partition coefficient (Wildman–Crippen LogP) is 1.52. The smallest absolute Gasteiger partial charge is 0.243 e. The largest absolute Gasteiger partial charge is 0.361 e. The summed E-state index contributed by atoms with van der Waals surface area (Å²) >= 11 is 0. The summed E-state index contributed by atoms with van der Waals surface area (Å²) < 4.78 is 0. The van der Waals surface area contributed by atoms with E-state index in [2.05, 4.69) is 36.9 Å². The fourth-order valence-electron chi connectivity index (χ4n) is 7.52. The zero-order valence-corrected chi connectivity index (χ0v) is 35.0. The van der Waals surface area contributed by atoms with Crippen molar-refractivity contribution in [2.75, 3.05) is 19.6 Å². The van der Waals surface area contributed by atoms with Gasteiger partial charge in [-0.05, 0) is 80.9 Å². The van der Waals surface area contributed by atoms with Crippen LogP contribution in [-0.4, -0.2) is 107 Å². The average molecular weight is 808 g/mol. The molecule has 2 saturated heterocycles. The van der Waals surface area contributed by atoms with Crippen LogP contribution >= 0.6 is 0 Å². The molecule has 7 amide bonds. The molecule has 1 aromatic carbocycles. The summed E-state index contributed by atoms with van der Waals surface area (Å²) in [5.41, 5.74) is 7.41. The molecule has 4 rings (SSSR count). The molecule has 9 N–H and O–H groups in total. The van der Waals surface area contributed by atoms with Gasteiger partial charge < -0.3 is 47.5 Å². The average Bonchev–Trinajstić information content (AvgIpc) is 3.59. The van der Waals surface area contributed by atoms with Crippen molar-refractivity contribution >= 4 is 52.3 Å². The fraction of sp³-hybridized carbons (Fsp3) is 0.643. The van der Waals surface area contributed by atoms with Crippen LogP contribution in [-0.2, 0) is 40.0 Å². The molecule has 1 aromatic heterocycles. The first-order valence-electron chi connectivity index (χ1n) is 20.9. The standard InChI is InChI=1S/C42H65N9O7/c1-24(2)19-31-38(54)47-32(20-25(3)4)41(57)50-36(26(5)6)42(58)49-34(22-35(52)51-17-10-7-11-18-51)40(56)45-30(15-12-16-43)37(53)48-33(39(55)46-31)21-27-23-44-29-14-9-8-13-28(27)29/h8-9,13-14,23-26,30-34,36,44H,7,10-12,15-22,43H2,1-6H3,(H,45,56)(H,46,55)(H,47,54)(H,48,53)(H,49,58)(H,50,57)/t30-,31+,32-,33+,34+,36+/m1/s1. The molecule has 2 fully saturated rings. The Kier molecular flexibility index (Phi) is 17.1. The van der Waals surface area contributed by atoms with Crippen molar-refractivity contribution < 1.29 is 33.6 Å². The number of amides is 7. The monoisotopic (exact) mass is 808 g/mol. The van der Waals surface area contributed by atoms with Crippen molar-refractivity contribution in [1.29, 1.82) is 0 Å². The number of benzene rings is 1. The maximum Gasteiger partial charge on any atom is 0.243 e. The molecule has 2 aromatic rings. The molecular weight excluding hydrogens is 743 g/mol. The lowest BCUT2D eigenvalue weighted by atomic mass is 9.97. The number of aromatic amines is 1. The maximum absolute atomic E-state index is 14.3. The Morgan fingerprint density at radius 3 is 1.79 bits per heavy atom. The molecular formula is C42H65N9O7. The number of piperidine rings is 1. The molecule has 3 heterocycles. The summed E-state index contributed by atoms with van der Waals surface area (Å²) in [6, 6.07) is 0.412. The van der Waals surface area contributed by atoms with E-state index >= 15 is 0 Å². The molecule has 0 saturated carbocycles. The molecule has 0 radical (unpaired) electrons. The van der Waals surface area contributed by atoms with Crippen LogP contribution in [0.15, 0.2) is 30.5 Å². The van der Waals surface area contributed by atoms with Crippen molar-refractivity contribution in [2.24, 2.45) is 23.5 Å². The van der Waals surface area contributed by atoms with Crippen molar-refractivity contribution in [2.45, 2.75) is 136 Å². The molecule has 16 nitrogen and oxygen atoms in total. The Morgan fingerprint density at radius 1 is 0.672 bits per heavy atom. The van der Waals surface area contributed by atoms with Crippen LogP contribution in [0.4, 0.5) is 0 Å². The fourth-order valence-corrected chi connectivity index (χ4v) is 7.52. The van der Waals surface area contributed by atoms with Gasteiger partial charge in [-0.1, -0.05) is 59.7 Å². The van der Waals surface area contributed by atoms with Crippen molar-refractivity contribution in [3.8, 4) is 0 Å². The topological polar surface area (TPSA) is 237 Å². The van der Waals surface area contributed by atoms with Gasteiger partial charge in [-0.15, -0.1) is 0 Å². The molecule has 0 unspecified atom stereocenters. The summed E-state index contributed by atoms with van der Waals surface area (Å²) in [6.07, 6.45) is 4.91. The van der Waals surface area contributed by atoms with E-state index in [0.717, 1.165) is 35.7 Å². The van der Waals surface area contributed by atoms with Crippen LogP contribution in [0.3, 0.4) is 0 Å². The SMILES string of the molecule is CC(C)C[C@@H]1NC(=O)[C@H](Cc2c[nH]c3ccccc23)NC(=O)[C@@H](CCCN)NC(=O)[C@H](CC(=O)N2CCCCC2)NC(=O)[C@H](C(C)C)NC(=O)[C@@H](CC(C)C)NC1=O. The number of hydrogen-bond donors (Lipinski definition) is 8. The van der Waals surface area contributed by atoms with Crippen LogP contribution < -0.4 is 37.6 Å².